The van der Waals surface area contributed by atoms with Crippen molar-refractivity contribution in [3.05, 3.63) is 42.0 Å². The number of carbonyl (C=O) groups excluding carboxylic acids is 1. The van der Waals surface area contributed by atoms with Crippen LogP contribution in [0.25, 0.3) is 6.08 Å². The third kappa shape index (κ3) is 2.70. The van der Waals surface area contributed by atoms with Crippen molar-refractivity contribution in [1.29, 1.82) is 0 Å². The van der Waals surface area contributed by atoms with E-state index in [-0.39, 0.29) is 12.0 Å². The molecular weight excluding hydrogens is 202 g/mol. The summed E-state index contributed by atoms with van der Waals surface area (Å²) in [5, 5.41) is 9.32. The molecule has 1 N–H and O–H groups in total. The molecule has 3 nitrogen and oxygen atoms in total. The van der Waals surface area contributed by atoms with Crippen molar-refractivity contribution in [2.24, 2.45) is 0 Å². The van der Waals surface area contributed by atoms with Gasteiger partial charge in [-0.15, -0.1) is 0 Å². The number of aliphatic hydroxyl groups is 1. The van der Waals surface area contributed by atoms with E-state index in [0.29, 0.717) is 19.5 Å². The molecule has 2 rings (SSSR count). The summed E-state index contributed by atoms with van der Waals surface area (Å²) >= 11 is 0. The fraction of sp³-hybridized carbons (Fsp3) is 0.308. The van der Waals surface area contributed by atoms with Crippen LogP contribution in [0.15, 0.2) is 36.4 Å². The molecule has 3 heteroatoms. The van der Waals surface area contributed by atoms with Gasteiger partial charge in [-0.3, -0.25) is 4.79 Å². The molecule has 1 aromatic carbocycles. The third-order valence-corrected chi connectivity index (χ3v) is 2.69. The average Bonchev–Trinajstić information content (AvgIpc) is 2.74. The first-order chi connectivity index (χ1) is 7.75. The van der Waals surface area contributed by atoms with Crippen LogP contribution in [-0.4, -0.2) is 35.1 Å². The van der Waals surface area contributed by atoms with E-state index < -0.39 is 0 Å². The number of amides is 1. The molecule has 0 aromatic heterocycles. The van der Waals surface area contributed by atoms with Crippen molar-refractivity contribution in [2.45, 2.75) is 12.5 Å². The molecule has 0 bridgehead atoms. The predicted octanol–water partition coefficient (Wildman–Crippen LogP) is 1.29. The molecule has 1 heterocycles. The van der Waals surface area contributed by atoms with Crippen LogP contribution in [0.1, 0.15) is 12.0 Å². The summed E-state index contributed by atoms with van der Waals surface area (Å²) in [6.07, 6.45) is 3.69. The van der Waals surface area contributed by atoms with Crippen LogP contribution >= 0.6 is 0 Å². The molecule has 84 valence electrons. The number of hydrogen-bond acceptors (Lipinski definition) is 2. The standard InChI is InChI=1S/C13H15NO2/c15-12-8-9-14(10-12)13(16)7-6-11-4-2-1-3-5-11/h1-7,12,15H,8-10H2/b7-6+. The van der Waals surface area contributed by atoms with Crippen LogP contribution in [0.4, 0.5) is 0 Å². The fourth-order valence-corrected chi connectivity index (χ4v) is 1.78. The maximum absolute atomic E-state index is 11.7. The minimum atomic E-state index is -0.353. The van der Waals surface area contributed by atoms with Gasteiger partial charge in [0.15, 0.2) is 0 Å². The lowest BCUT2D eigenvalue weighted by molar-refractivity contribution is -0.125. The summed E-state index contributed by atoms with van der Waals surface area (Å²) in [6.45, 7) is 1.11. The monoisotopic (exact) mass is 217 g/mol. The van der Waals surface area contributed by atoms with E-state index in [0.717, 1.165) is 5.56 Å². The van der Waals surface area contributed by atoms with E-state index in [1.807, 2.05) is 30.3 Å². The Labute approximate surface area is 95.0 Å². The van der Waals surface area contributed by atoms with Crippen molar-refractivity contribution in [3.63, 3.8) is 0 Å². The van der Waals surface area contributed by atoms with E-state index in [1.54, 1.807) is 17.1 Å². The minimum Gasteiger partial charge on any atom is -0.391 e. The lowest BCUT2D eigenvalue weighted by atomic mass is 10.2. The summed E-state index contributed by atoms with van der Waals surface area (Å²) in [7, 11) is 0. The highest BCUT2D eigenvalue weighted by molar-refractivity contribution is 5.91. The largest absolute Gasteiger partial charge is 0.391 e. The van der Waals surface area contributed by atoms with Crippen molar-refractivity contribution in [3.8, 4) is 0 Å². The molecule has 1 aliphatic rings. The van der Waals surface area contributed by atoms with Crippen LogP contribution in [0.2, 0.25) is 0 Å². The minimum absolute atomic E-state index is 0.0274. The highest BCUT2D eigenvalue weighted by Crippen LogP contribution is 2.10. The number of aliphatic hydroxyl groups excluding tert-OH is 1. The van der Waals surface area contributed by atoms with E-state index in [1.165, 1.54) is 0 Å². The van der Waals surface area contributed by atoms with Crippen molar-refractivity contribution < 1.29 is 9.90 Å². The molecule has 1 fully saturated rings. The summed E-state index contributed by atoms with van der Waals surface area (Å²) in [6, 6.07) is 9.70. The Bertz CT molecular complexity index is 386. The Kier molecular flexibility index (Phi) is 3.37. The smallest absolute Gasteiger partial charge is 0.246 e. The Morgan fingerprint density at radius 3 is 2.75 bits per heavy atom. The Morgan fingerprint density at radius 1 is 1.38 bits per heavy atom. The van der Waals surface area contributed by atoms with Gasteiger partial charge in [-0.2, -0.15) is 0 Å². The number of benzene rings is 1. The van der Waals surface area contributed by atoms with Gasteiger partial charge < -0.3 is 10.0 Å². The predicted molar refractivity (Wildman–Crippen MR) is 62.7 cm³/mol. The number of β-amino-alcohol motifs (C(OH)–C–C–N with tert-alkyl or cyclic N) is 1. The topological polar surface area (TPSA) is 40.5 Å². The van der Waals surface area contributed by atoms with Gasteiger partial charge in [-0.05, 0) is 18.1 Å². The zero-order valence-electron chi connectivity index (χ0n) is 9.04. The lowest BCUT2D eigenvalue weighted by Gasteiger charge is -2.12. The number of carbonyl (C=O) groups is 1. The Morgan fingerprint density at radius 2 is 2.12 bits per heavy atom. The number of nitrogens with zero attached hydrogens (tertiary/aromatic N) is 1. The quantitative estimate of drug-likeness (QED) is 0.758. The molecule has 1 amide bonds. The fourth-order valence-electron chi connectivity index (χ4n) is 1.78. The number of likely N-dealkylation sites (tertiary alicyclic amines) is 1. The van der Waals surface area contributed by atoms with Crippen molar-refractivity contribution in [1.82, 2.24) is 4.90 Å². The SMILES string of the molecule is O=C(/C=C/c1ccccc1)N1CCC(O)C1. The maximum Gasteiger partial charge on any atom is 0.246 e. The summed E-state index contributed by atoms with van der Waals surface area (Å²) in [5.41, 5.74) is 1.01. The van der Waals surface area contributed by atoms with E-state index in [9.17, 15) is 9.90 Å². The molecule has 0 radical (unpaired) electrons. The summed E-state index contributed by atoms with van der Waals surface area (Å²) in [4.78, 5) is 13.4. The van der Waals surface area contributed by atoms with Crippen LogP contribution < -0.4 is 0 Å². The lowest BCUT2D eigenvalue weighted by Crippen LogP contribution is -2.27. The van der Waals surface area contributed by atoms with Gasteiger partial charge in [0.1, 0.15) is 0 Å². The van der Waals surface area contributed by atoms with E-state index in [2.05, 4.69) is 0 Å². The van der Waals surface area contributed by atoms with Gasteiger partial charge in [0.05, 0.1) is 6.10 Å². The zero-order valence-corrected chi connectivity index (χ0v) is 9.04. The molecule has 16 heavy (non-hydrogen) atoms. The van der Waals surface area contributed by atoms with Gasteiger partial charge in [0.2, 0.25) is 5.91 Å². The Hall–Kier alpha value is -1.61. The van der Waals surface area contributed by atoms with Gasteiger partial charge in [-0.1, -0.05) is 30.3 Å². The highest BCUT2D eigenvalue weighted by Gasteiger charge is 2.22. The molecular formula is C13H15NO2. The highest BCUT2D eigenvalue weighted by atomic mass is 16.3. The summed E-state index contributed by atoms with van der Waals surface area (Å²) < 4.78 is 0. The molecule has 1 aromatic rings. The second kappa shape index (κ2) is 4.94. The molecule has 1 unspecified atom stereocenters. The first kappa shape index (κ1) is 10.9. The van der Waals surface area contributed by atoms with Crippen LogP contribution in [-0.2, 0) is 4.79 Å². The van der Waals surface area contributed by atoms with Crippen molar-refractivity contribution in [2.75, 3.05) is 13.1 Å². The second-order valence-corrected chi connectivity index (χ2v) is 3.97. The average molecular weight is 217 g/mol. The second-order valence-electron chi connectivity index (χ2n) is 3.97. The van der Waals surface area contributed by atoms with Gasteiger partial charge in [0, 0.05) is 19.2 Å². The van der Waals surface area contributed by atoms with Crippen LogP contribution in [0, 0.1) is 0 Å². The third-order valence-electron chi connectivity index (χ3n) is 2.69. The molecule has 0 aliphatic carbocycles. The van der Waals surface area contributed by atoms with Gasteiger partial charge >= 0.3 is 0 Å². The summed E-state index contributed by atoms with van der Waals surface area (Å²) in [5.74, 6) is -0.0274. The zero-order chi connectivity index (χ0) is 11.4. The molecule has 1 saturated heterocycles. The first-order valence-electron chi connectivity index (χ1n) is 5.46. The van der Waals surface area contributed by atoms with E-state index in [4.69, 9.17) is 0 Å². The van der Waals surface area contributed by atoms with Gasteiger partial charge in [-0.25, -0.2) is 0 Å². The van der Waals surface area contributed by atoms with Crippen LogP contribution in [0.5, 0.6) is 0 Å². The number of rotatable bonds is 2. The van der Waals surface area contributed by atoms with Gasteiger partial charge in [0.25, 0.3) is 0 Å². The van der Waals surface area contributed by atoms with Crippen molar-refractivity contribution >= 4 is 12.0 Å². The maximum atomic E-state index is 11.7. The molecule has 0 spiro atoms. The normalized spacial score (nSPS) is 20.6. The molecule has 1 atom stereocenters. The van der Waals surface area contributed by atoms with E-state index >= 15 is 0 Å². The van der Waals surface area contributed by atoms with Crippen LogP contribution in [0.3, 0.4) is 0 Å². The molecule has 1 aliphatic heterocycles. The first-order valence-corrected chi connectivity index (χ1v) is 5.46. The molecule has 0 saturated carbocycles. The number of hydrogen-bond donors (Lipinski definition) is 1. The Balaban J connectivity index is 1.95.